The molecule has 0 aromatic heterocycles. The van der Waals surface area contributed by atoms with Gasteiger partial charge in [-0.3, -0.25) is 9.69 Å². The summed E-state index contributed by atoms with van der Waals surface area (Å²) in [5.41, 5.74) is 1.74. The topological polar surface area (TPSA) is 61.8 Å². The molecular weight excluding hydrogens is 256 g/mol. The molecule has 0 saturated carbocycles. The lowest BCUT2D eigenvalue weighted by Crippen LogP contribution is -2.32. The largest absolute Gasteiger partial charge is 0.495 e. The van der Waals surface area contributed by atoms with Crippen molar-refractivity contribution in [3.8, 4) is 5.75 Å². The van der Waals surface area contributed by atoms with Crippen molar-refractivity contribution in [3.63, 3.8) is 0 Å². The fourth-order valence-corrected chi connectivity index (χ4v) is 1.84. The van der Waals surface area contributed by atoms with Crippen molar-refractivity contribution in [1.29, 1.82) is 0 Å². The first-order chi connectivity index (χ1) is 9.42. The van der Waals surface area contributed by atoms with Gasteiger partial charge in [0, 0.05) is 6.54 Å². The van der Waals surface area contributed by atoms with Gasteiger partial charge in [0.15, 0.2) is 0 Å². The van der Waals surface area contributed by atoms with Crippen LogP contribution in [0.5, 0.6) is 5.75 Å². The molecule has 0 aliphatic heterocycles. The van der Waals surface area contributed by atoms with Gasteiger partial charge in [0.1, 0.15) is 5.75 Å². The maximum absolute atomic E-state index is 12.0. The predicted octanol–water partition coefficient (Wildman–Crippen LogP) is 1.64. The van der Waals surface area contributed by atoms with Crippen LogP contribution < -0.4 is 10.1 Å². The number of ether oxygens (including phenoxy) is 1. The van der Waals surface area contributed by atoms with Crippen LogP contribution >= 0.6 is 0 Å². The second-order valence-electron chi connectivity index (χ2n) is 5.13. The van der Waals surface area contributed by atoms with Crippen LogP contribution in [0.3, 0.4) is 0 Å². The van der Waals surface area contributed by atoms with Gasteiger partial charge in [-0.2, -0.15) is 0 Å². The summed E-state index contributed by atoms with van der Waals surface area (Å²) in [6.45, 7) is 4.66. The number of hydrogen-bond acceptors (Lipinski definition) is 4. The maximum Gasteiger partial charge on any atom is 0.238 e. The van der Waals surface area contributed by atoms with Crippen molar-refractivity contribution in [3.05, 3.63) is 23.8 Å². The minimum atomic E-state index is -0.350. The SMILES string of the molecule is COc1ccc(C)cc1NC(=O)CN(C)CCC(C)O. The van der Waals surface area contributed by atoms with Crippen molar-refractivity contribution in [2.45, 2.75) is 26.4 Å². The minimum Gasteiger partial charge on any atom is -0.495 e. The van der Waals surface area contributed by atoms with Gasteiger partial charge in [0.05, 0.1) is 25.4 Å². The number of anilines is 1. The summed E-state index contributed by atoms with van der Waals surface area (Å²) >= 11 is 0. The number of nitrogens with zero attached hydrogens (tertiary/aromatic N) is 1. The number of rotatable bonds is 7. The summed E-state index contributed by atoms with van der Waals surface area (Å²) in [5, 5.41) is 12.1. The first-order valence-electron chi connectivity index (χ1n) is 6.73. The molecule has 0 aliphatic rings. The Morgan fingerprint density at radius 3 is 2.80 bits per heavy atom. The van der Waals surface area contributed by atoms with Crippen LogP contribution in [0.15, 0.2) is 18.2 Å². The van der Waals surface area contributed by atoms with Gasteiger partial charge >= 0.3 is 0 Å². The number of nitrogens with one attached hydrogen (secondary N) is 1. The Hall–Kier alpha value is -1.59. The van der Waals surface area contributed by atoms with Gasteiger partial charge in [-0.15, -0.1) is 0 Å². The smallest absolute Gasteiger partial charge is 0.238 e. The number of aliphatic hydroxyl groups excluding tert-OH is 1. The average molecular weight is 280 g/mol. The fraction of sp³-hybridized carbons (Fsp3) is 0.533. The molecule has 1 rings (SSSR count). The van der Waals surface area contributed by atoms with Crippen LogP contribution in [0.25, 0.3) is 0 Å². The summed E-state index contributed by atoms with van der Waals surface area (Å²) in [5.74, 6) is 0.553. The molecule has 0 spiro atoms. The molecule has 0 bridgehead atoms. The van der Waals surface area contributed by atoms with Gasteiger partial charge in [-0.1, -0.05) is 6.07 Å². The Kier molecular flexibility index (Phi) is 6.48. The summed E-state index contributed by atoms with van der Waals surface area (Å²) < 4.78 is 5.22. The summed E-state index contributed by atoms with van der Waals surface area (Å²) in [7, 11) is 3.44. The maximum atomic E-state index is 12.0. The molecule has 0 radical (unpaired) electrons. The fourth-order valence-electron chi connectivity index (χ4n) is 1.84. The number of aryl methyl sites for hydroxylation is 1. The van der Waals surface area contributed by atoms with E-state index in [4.69, 9.17) is 4.74 Å². The van der Waals surface area contributed by atoms with E-state index in [0.29, 0.717) is 24.4 Å². The van der Waals surface area contributed by atoms with E-state index in [-0.39, 0.29) is 18.6 Å². The minimum absolute atomic E-state index is 0.0954. The Balaban J connectivity index is 2.55. The molecule has 1 unspecified atom stereocenters. The van der Waals surface area contributed by atoms with Crippen LogP contribution in [0, 0.1) is 6.92 Å². The molecule has 1 aromatic rings. The van der Waals surface area contributed by atoms with Crippen molar-refractivity contribution >= 4 is 11.6 Å². The van der Waals surface area contributed by atoms with E-state index in [0.717, 1.165) is 5.56 Å². The number of methoxy groups -OCH3 is 1. The number of carbonyl (C=O) groups is 1. The Morgan fingerprint density at radius 1 is 1.50 bits per heavy atom. The molecule has 1 amide bonds. The predicted molar refractivity (Wildman–Crippen MR) is 80.2 cm³/mol. The Morgan fingerprint density at radius 2 is 2.20 bits per heavy atom. The molecule has 0 saturated heterocycles. The first kappa shape index (κ1) is 16.5. The van der Waals surface area contributed by atoms with E-state index in [1.165, 1.54) is 0 Å². The highest BCUT2D eigenvalue weighted by molar-refractivity contribution is 5.93. The van der Waals surface area contributed by atoms with E-state index in [1.54, 1.807) is 14.0 Å². The molecular formula is C15H24N2O3. The summed E-state index contributed by atoms with van der Waals surface area (Å²) in [6.07, 6.45) is 0.301. The van der Waals surface area contributed by atoms with Gasteiger partial charge in [0.2, 0.25) is 5.91 Å². The molecule has 2 N–H and O–H groups in total. The molecule has 5 heteroatoms. The average Bonchev–Trinajstić information content (AvgIpc) is 2.36. The second kappa shape index (κ2) is 7.87. The normalized spacial score (nSPS) is 12.3. The van der Waals surface area contributed by atoms with E-state index < -0.39 is 0 Å². The van der Waals surface area contributed by atoms with Crippen molar-refractivity contribution in [2.75, 3.05) is 32.6 Å². The van der Waals surface area contributed by atoms with Crippen molar-refractivity contribution in [1.82, 2.24) is 4.90 Å². The lowest BCUT2D eigenvalue weighted by Gasteiger charge is -2.18. The Labute approximate surface area is 120 Å². The standard InChI is InChI=1S/C15H24N2O3/c1-11-5-6-14(20-4)13(9-11)16-15(19)10-17(3)8-7-12(2)18/h5-6,9,12,18H,7-8,10H2,1-4H3,(H,16,19). The molecule has 1 atom stereocenters. The highest BCUT2D eigenvalue weighted by atomic mass is 16.5. The monoisotopic (exact) mass is 280 g/mol. The van der Waals surface area contributed by atoms with Crippen LogP contribution in [0.2, 0.25) is 0 Å². The number of benzene rings is 1. The van der Waals surface area contributed by atoms with Gasteiger partial charge in [-0.25, -0.2) is 0 Å². The first-order valence-corrected chi connectivity index (χ1v) is 6.73. The molecule has 1 aromatic carbocycles. The number of likely N-dealkylation sites (N-methyl/N-ethyl adjacent to an activating group) is 1. The van der Waals surface area contributed by atoms with Gasteiger partial charge < -0.3 is 15.2 Å². The summed E-state index contributed by atoms with van der Waals surface area (Å²) in [6, 6.07) is 5.65. The zero-order valence-corrected chi connectivity index (χ0v) is 12.6. The highest BCUT2D eigenvalue weighted by Crippen LogP contribution is 2.24. The van der Waals surface area contributed by atoms with Gasteiger partial charge in [-0.05, 0) is 45.0 Å². The van der Waals surface area contributed by atoms with Crippen molar-refractivity contribution < 1.29 is 14.6 Å². The molecule has 5 nitrogen and oxygen atoms in total. The molecule has 112 valence electrons. The summed E-state index contributed by atoms with van der Waals surface area (Å²) in [4.78, 5) is 13.9. The van der Waals surface area contributed by atoms with E-state index in [9.17, 15) is 9.90 Å². The number of amides is 1. The lowest BCUT2D eigenvalue weighted by molar-refractivity contribution is -0.117. The van der Waals surface area contributed by atoms with Gasteiger partial charge in [0.25, 0.3) is 0 Å². The number of hydrogen-bond donors (Lipinski definition) is 2. The van der Waals surface area contributed by atoms with Crippen LogP contribution in [-0.4, -0.2) is 49.3 Å². The van der Waals surface area contributed by atoms with Crippen LogP contribution in [0.4, 0.5) is 5.69 Å². The van der Waals surface area contributed by atoms with E-state index >= 15 is 0 Å². The molecule has 0 heterocycles. The molecule has 0 aliphatic carbocycles. The van der Waals surface area contributed by atoms with E-state index in [2.05, 4.69) is 5.32 Å². The van der Waals surface area contributed by atoms with E-state index in [1.807, 2.05) is 37.1 Å². The molecule has 0 fully saturated rings. The highest BCUT2D eigenvalue weighted by Gasteiger charge is 2.10. The third-order valence-electron chi connectivity index (χ3n) is 2.97. The lowest BCUT2D eigenvalue weighted by atomic mass is 10.2. The van der Waals surface area contributed by atoms with Crippen LogP contribution in [-0.2, 0) is 4.79 Å². The Bertz CT molecular complexity index is 447. The second-order valence-corrected chi connectivity index (χ2v) is 5.13. The third kappa shape index (κ3) is 5.59. The zero-order valence-electron chi connectivity index (χ0n) is 12.6. The van der Waals surface area contributed by atoms with Crippen LogP contribution in [0.1, 0.15) is 18.9 Å². The quantitative estimate of drug-likeness (QED) is 0.797. The zero-order chi connectivity index (χ0) is 15.1. The number of aliphatic hydroxyl groups is 1. The van der Waals surface area contributed by atoms with Crippen molar-refractivity contribution in [2.24, 2.45) is 0 Å². The third-order valence-corrected chi connectivity index (χ3v) is 2.97. The number of carbonyl (C=O) groups excluding carboxylic acids is 1. The molecule has 20 heavy (non-hydrogen) atoms.